The number of rotatable bonds is 2. The first-order valence-electron chi connectivity index (χ1n) is 6.02. The predicted octanol–water partition coefficient (Wildman–Crippen LogP) is 2.55. The number of hydrogen-bond donors (Lipinski definition) is 1. The van der Waals surface area contributed by atoms with Gasteiger partial charge >= 0.3 is 0 Å². The molecule has 1 atom stereocenters. The lowest BCUT2D eigenvalue weighted by Gasteiger charge is -2.10. The summed E-state index contributed by atoms with van der Waals surface area (Å²) in [5, 5.41) is 0. The second kappa shape index (κ2) is 3.62. The van der Waals surface area contributed by atoms with Gasteiger partial charge in [-0.1, -0.05) is 0 Å². The molecule has 1 aromatic rings. The summed E-state index contributed by atoms with van der Waals surface area (Å²) in [5.74, 6) is -2.07. The number of H-pyrrole nitrogens is 1. The Bertz CT molecular complexity index is 494. The van der Waals surface area contributed by atoms with Crippen LogP contribution in [0.5, 0.6) is 0 Å². The van der Waals surface area contributed by atoms with Crippen LogP contribution in [0.1, 0.15) is 55.5 Å². The van der Waals surface area contributed by atoms with Crippen molar-refractivity contribution in [3.05, 3.63) is 27.9 Å². The Morgan fingerprint density at radius 2 is 2.06 bits per heavy atom. The highest BCUT2D eigenvalue weighted by Crippen LogP contribution is 2.44. The molecular formula is C12H14F2N2O. The van der Waals surface area contributed by atoms with Crippen LogP contribution in [0.3, 0.4) is 0 Å². The third-order valence-corrected chi connectivity index (χ3v) is 3.57. The summed E-state index contributed by atoms with van der Waals surface area (Å²) in [7, 11) is 0. The van der Waals surface area contributed by atoms with E-state index in [2.05, 4.69) is 9.97 Å². The first kappa shape index (κ1) is 10.9. The first-order valence-corrected chi connectivity index (χ1v) is 6.02. The first-order chi connectivity index (χ1) is 8.03. The zero-order chi connectivity index (χ0) is 12.0. The standard InChI is InChI=1S/C12H14F2N2O/c13-12(14)4-3-8(6-12)11-15-9(7-1-2-7)5-10(17)16-11/h5,7-8H,1-4,6H2,(H,15,16,17). The van der Waals surface area contributed by atoms with Gasteiger partial charge in [-0.05, 0) is 19.3 Å². The quantitative estimate of drug-likeness (QED) is 0.863. The second-order valence-corrected chi connectivity index (χ2v) is 5.13. The predicted molar refractivity (Wildman–Crippen MR) is 58.4 cm³/mol. The molecule has 0 aromatic carbocycles. The van der Waals surface area contributed by atoms with Crippen molar-refractivity contribution in [1.82, 2.24) is 9.97 Å². The summed E-state index contributed by atoms with van der Waals surface area (Å²) in [6.45, 7) is 0. The summed E-state index contributed by atoms with van der Waals surface area (Å²) in [6.07, 6.45) is 2.22. The summed E-state index contributed by atoms with van der Waals surface area (Å²) >= 11 is 0. The molecule has 1 heterocycles. The molecule has 1 unspecified atom stereocenters. The normalized spacial score (nSPS) is 27.3. The average Bonchev–Trinajstić information content (AvgIpc) is 3.02. The molecular weight excluding hydrogens is 226 g/mol. The van der Waals surface area contributed by atoms with Crippen LogP contribution in [0.4, 0.5) is 8.78 Å². The van der Waals surface area contributed by atoms with Gasteiger partial charge in [0, 0.05) is 30.7 Å². The molecule has 3 nitrogen and oxygen atoms in total. The monoisotopic (exact) mass is 240 g/mol. The maximum Gasteiger partial charge on any atom is 0.251 e. The Hall–Kier alpha value is -1.26. The van der Waals surface area contributed by atoms with Gasteiger partial charge in [-0.15, -0.1) is 0 Å². The van der Waals surface area contributed by atoms with E-state index in [1.807, 2.05) is 0 Å². The molecule has 5 heteroatoms. The summed E-state index contributed by atoms with van der Waals surface area (Å²) in [4.78, 5) is 18.4. The Morgan fingerprint density at radius 3 is 2.65 bits per heavy atom. The SMILES string of the molecule is O=c1cc(C2CC2)nc(C2CCC(F)(F)C2)[nH]1. The minimum Gasteiger partial charge on any atom is -0.310 e. The molecule has 0 aliphatic heterocycles. The van der Waals surface area contributed by atoms with Gasteiger partial charge in [0.05, 0.1) is 5.69 Å². The van der Waals surface area contributed by atoms with Crippen LogP contribution in [0.25, 0.3) is 0 Å². The molecule has 2 aliphatic carbocycles. The molecule has 0 spiro atoms. The second-order valence-electron chi connectivity index (χ2n) is 5.13. The van der Waals surface area contributed by atoms with Crippen molar-refractivity contribution in [1.29, 1.82) is 0 Å². The van der Waals surface area contributed by atoms with Crippen molar-refractivity contribution < 1.29 is 8.78 Å². The van der Waals surface area contributed by atoms with E-state index in [-0.39, 0.29) is 24.3 Å². The van der Waals surface area contributed by atoms with Gasteiger partial charge in [-0.25, -0.2) is 13.8 Å². The van der Waals surface area contributed by atoms with Gasteiger partial charge in [0.15, 0.2) is 0 Å². The minimum absolute atomic E-state index is 0.102. The fourth-order valence-corrected chi connectivity index (χ4v) is 2.46. The van der Waals surface area contributed by atoms with E-state index >= 15 is 0 Å². The molecule has 2 saturated carbocycles. The topological polar surface area (TPSA) is 45.8 Å². The fraction of sp³-hybridized carbons (Fsp3) is 0.667. The lowest BCUT2D eigenvalue weighted by Crippen LogP contribution is -2.16. The summed E-state index contributed by atoms with van der Waals surface area (Å²) in [5.41, 5.74) is 0.561. The van der Waals surface area contributed by atoms with Crippen molar-refractivity contribution >= 4 is 0 Å². The summed E-state index contributed by atoms with van der Waals surface area (Å²) < 4.78 is 26.3. The number of nitrogens with zero attached hydrogens (tertiary/aromatic N) is 1. The van der Waals surface area contributed by atoms with Crippen molar-refractivity contribution in [3.63, 3.8) is 0 Å². The Morgan fingerprint density at radius 1 is 1.29 bits per heavy atom. The van der Waals surface area contributed by atoms with Gasteiger partial charge in [-0.3, -0.25) is 4.79 Å². The van der Waals surface area contributed by atoms with Crippen molar-refractivity contribution in [2.24, 2.45) is 0 Å². The number of hydrogen-bond acceptors (Lipinski definition) is 2. The van der Waals surface area contributed by atoms with Crippen LogP contribution < -0.4 is 5.56 Å². The highest BCUT2D eigenvalue weighted by atomic mass is 19.3. The van der Waals surface area contributed by atoms with Crippen LogP contribution in [-0.4, -0.2) is 15.9 Å². The van der Waals surface area contributed by atoms with E-state index in [0.717, 1.165) is 18.5 Å². The van der Waals surface area contributed by atoms with E-state index in [1.165, 1.54) is 6.07 Å². The molecule has 0 saturated heterocycles. The van der Waals surface area contributed by atoms with Crippen LogP contribution in [0.2, 0.25) is 0 Å². The maximum absolute atomic E-state index is 13.1. The smallest absolute Gasteiger partial charge is 0.251 e. The molecule has 92 valence electrons. The zero-order valence-corrected chi connectivity index (χ0v) is 9.38. The Kier molecular flexibility index (Phi) is 2.31. The number of aromatic nitrogens is 2. The van der Waals surface area contributed by atoms with Crippen molar-refractivity contribution in [2.45, 2.75) is 49.9 Å². The van der Waals surface area contributed by atoms with Crippen LogP contribution in [0, 0.1) is 0 Å². The molecule has 0 amide bonds. The molecule has 0 bridgehead atoms. The van der Waals surface area contributed by atoms with Gasteiger partial charge < -0.3 is 4.98 Å². The molecule has 2 fully saturated rings. The largest absolute Gasteiger partial charge is 0.310 e. The van der Waals surface area contributed by atoms with Gasteiger partial charge in [0.1, 0.15) is 5.82 Å². The minimum atomic E-state index is -2.60. The zero-order valence-electron chi connectivity index (χ0n) is 9.38. The number of alkyl halides is 2. The number of nitrogens with one attached hydrogen (secondary N) is 1. The molecule has 1 aromatic heterocycles. The Balaban J connectivity index is 1.90. The van der Waals surface area contributed by atoms with Crippen LogP contribution in [-0.2, 0) is 0 Å². The lowest BCUT2D eigenvalue weighted by atomic mass is 10.1. The van der Waals surface area contributed by atoms with E-state index in [0.29, 0.717) is 18.2 Å². The maximum atomic E-state index is 13.1. The molecule has 3 rings (SSSR count). The average molecular weight is 240 g/mol. The van der Waals surface area contributed by atoms with Crippen LogP contribution in [0.15, 0.2) is 10.9 Å². The van der Waals surface area contributed by atoms with Crippen LogP contribution >= 0.6 is 0 Å². The van der Waals surface area contributed by atoms with E-state index < -0.39 is 5.92 Å². The van der Waals surface area contributed by atoms with E-state index in [4.69, 9.17) is 0 Å². The van der Waals surface area contributed by atoms with Crippen molar-refractivity contribution in [2.75, 3.05) is 0 Å². The molecule has 0 radical (unpaired) electrons. The highest BCUT2D eigenvalue weighted by Gasteiger charge is 2.41. The third-order valence-electron chi connectivity index (χ3n) is 3.57. The molecule has 1 N–H and O–H groups in total. The van der Waals surface area contributed by atoms with Gasteiger partial charge in [0.2, 0.25) is 5.92 Å². The molecule has 17 heavy (non-hydrogen) atoms. The lowest BCUT2D eigenvalue weighted by molar-refractivity contribution is 0.00752. The number of halogens is 2. The van der Waals surface area contributed by atoms with E-state index in [9.17, 15) is 13.6 Å². The fourth-order valence-electron chi connectivity index (χ4n) is 2.46. The van der Waals surface area contributed by atoms with E-state index in [1.54, 1.807) is 0 Å². The summed E-state index contributed by atoms with van der Waals surface area (Å²) in [6, 6.07) is 1.49. The Labute approximate surface area is 97.3 Å². The van der Waals surface area contributed by atoms with Gasteiger partial charge in [0.25, 0.3) is 5.56 Å². The molecule has 2 aliphatic rings. The number of aromatic amines is 1. The van der Waals surface area contributed by atoms with Gasteiger partial charge in [-0.2, -0.15) is 0 Å². The van der Waals surface area contributed by atoms with Crippen molar-refractivity contribution in [3.8, 4) is 0 Å². The highest BCUT2D eigenvalue weighted by molar-refractivity contribution is 5.16. The third kappa shape index (κ3) is 2.23.